The number of thiazole rings is 1. The molecule has 27 heavy (non-hydrogen) atoms. The number of phenols is 1. The quantitative estimate of drug-likeness (QED) is 0.728. The molecule has 0 radical (unpaired) electrons. The second-order valence-corrected chi connectivity index (χ2v) is 7.92. The fraction of sp³-hybridized carbons (Fsp3) is 0.333. The van der Waals surface area contributed by atoms with E-state index in [4.69, 9.17) is 4.74 Å². The fourth-order valence-electron chi connectivity index (χ4n) is 3.29. The first-order valence-electron chi connectivity index (χ1n) is 9.20. The number of phenolic OH excluding ortho intramolecular Hbond substituents is 1. The summed E-state index contributed by atoms with van der Waals surface area (Å²) in [5, 5.41) is 11.4. The zero-order chi connectivity index (χ0) is 19.0. The zero-order valence-corrected chi connectivity index (χ0v) is 16.3. The Morgan fingerprint density at radius 3 is 2.96 bits per heavy atom. The Morgan fingerprint density at radius 2 is 2.19 bits per heavy atom. The van der Waals surface area contributed by atoms with Gasteiger partial charge in [0.2, 0.25) is 5.91 Å². The molecule has 6 heteroatoms. The average Bonchev–Trinajstić information content (AvgIpc) is 2.99. The molecule has 3 aromatic rings. The maximum atomic E-state index is 12.6. The molecule has 1 aliphatic heterocycles. The Bertz CT molecular complexity index is 965. The first-order valence-corrected chi connectivity index (χ1v) is 10.0. The summed E-state index contributed by atoms with van der Waals surface area (Å²) >= 11 is 1.59. The van der Waals surface area contributed by atoms with E-state index in [1.807, 2.05) is 49.1 Å². The molecule has 5 nitrogen and oxygen atoms in total. The molecule has 0 fully saturated rings. The standard InChI is InChI=1S/C21H22N2O3S/c1-3-13(2)21(25)23-8-9-26-19-15(12-23)10-14(11-17(19)24)20-22-16-6-4-5-7-18(16)27-20/h4-7,10-11,13,24H,3,8-9,12H2,1-2H3. The van der Waals surface area contributed by atoms with E-state index < -0.39 is 0 Å². The molecular formula is C21H22N2O3S. The van der Waals surface area contributed by atoms with Crippen molar-refractivity contribution in [1.82, 2.24) is 9.88 Å². The third-order valence-electron chi connectivity index (χ3n) is 5.00. The van der Waals surface area contributed by atoms with Crippen LogP contribution in [0.25, 0.3) is 20.8 Å². The molecule has 1 aromatic heterocycles. The van der Waals surface area contributed by atoms with Crippen LogP contribution in [0.4, 0.5) is 0 Å². The van der Waals surface area contributed by atoms with E-state index in [-0.39, 0.29) is 17.6 Å². The summed E-state index contributed by atoms with van der Waals surface area (Å²) in [6, 6.07) is 11.7. The van der Waals surface area contributed by atoms with Gasteiger partial charge >= 0.3 is 0 Å². The van der Waals surface area contributed by atoms with Crippen molar-refractivity contribution in [2.45, 2.75) is 26.8 Å². The summed E-state index contributed by atoms with van der Waals surface area (Å²) in [5.41, 5.74) is 2.60. The maximum Gasteiger partial charge on any atom is 0.225 e. The predicted molar refractivity (Wildman–Crippen MR) is 107 cm³/mol. The molecule has 1 unspecified atom stereocenters. The van der Waals surface area contributed by atoms with Gasteiger partial charge in [-0.25, -0.2) is 4.98 Å². The van der Waals surface area contributed by atoms with E-state index in [0.29, 0.717) is 25.4 Å². The lowest BCUT2D eigenvalue weighted by Crippen LogP contribution is -2.36. The Balaban J connectivity index is 1.72. The van der Waals surface area contributed by atoms with Crippen LogP contribution in [0.3, 0.4) is 0 Å². The number of ether oxygens (including phenoxy) is 1. The first kappa shape index (κ1) is 17.8. The number of carbonyl (C=O) groups excluding carboxylic acids is 1. The van der Waals surface area contributed by atoms with E-state index in [1.165, 1.54) is 0 Å². The number of aromatic hydroxyl groups is 1. The van der Waals surface area contributed by atoms with Gasteiger partial charge in [-0.1, -0.05) is 26.0 Å². The molecule has 1 atom stereocenters. The number of nitrogens with zero attached hydrogens (tertiary/aromatic N) is 2. The number of aromatic nitrogens is 1. The molecule has 2 aromatic carbocycles. The lowest BCUT2D eigenvalue weighted by Gasteiger charge is -2.23. The number of amides is 1. The molecule has 4 rings (SSSR count). The molecule has 2 heterocycles. The minimum absolute atomic E-state index is 0.0207. The highest BCUT2D eigenvalue weighted by atomic mass is 32.1. The molecular weight excluding hydrogens is 360 g/mol. The van der Waals surface area contributed by atoms with Gasteiger partial charge < -0.3 is 14.7 Å². The van der Waals surface area contributed by atoms with E-state index in [9.17, 15) is 9.90 Å². The van der Waals surface area contributed by atoms with Gasteiger partial charge in [0.05, 0.1) is 16.8 Å². The van der Waals surface area contributed by atoms with Gasteiger partial charge in [-0.3, -0.25) is 4.79 Å². The van der Waals surface area contributed by atoms with Crippen LogP contribution in [-0.4, -0.2) is 34.0 Å². The molecule has 1 amide bonds. The number of hydrogen-bond acceptors (Lipinski definition) is 5. The molecule has 140 valence electrons. The first-order chi connectivity index (χ1) is 13.1. The van der Waals surface area contributed by atoms with E-state index in [1.54, 1.807) is 17.4 Å². The van der Waals surface area contributed by atoms with Gasteiger partial charge in [-0.05, 0) is 30.7 Å². The molecule has 0 saturated carbocycles. The number of hydrogen-bond donors (Lipinski definition) is 1. The molecule has 0 bridgehead atoms. The Hall–Kier alpha value is -2.60. The van der Waals surface area contributed by atoms with Crippen molar-refractivity contribution in [2.24, 2.45) is 5.92 Å². The summed E-state index contributed by atoms with van der Waals surface area (Å²) in [5.74, 6) is 0.672. The number of benzene rings is 2. The van der Waals surface area contributed by atoms with Crippen molar-refractivity contribution in [2.75, 3.05) is 13.2 Å². The predicted octanol–water partition coefficient (Wildman–Crippen LogP) is 4.44. The smallest absolute Gasteiger partial charge is 0.225 e. The van der Waals surface area contributed by atoms with Crippen LogP contribution in [0.5, 0.6) is 11.5 Å². The molecule has 0 saturated heterocycles. The summed E-state index contributed by atoms with van der Waals surface area (Å²) < 4.78 is 6.87. The van der Waals surface area contributed by atoms with Gasteiger partial charge in [0.1, 0.15) is 11.6 Å². The summed E-state index contributed by atoms with van der Waals surface area (Å²) in [4.78, 5) is 19.1. The van der Waals surface area contributed by atoms with Crippen molar-refractivity contribution >= 4 is 27.5 Å². The van der Waals surface area contributed by atoms with Crippen LogP contribution >= 0.6 is 11.3 Å². The van der Waals surface area contributed by atoms with Crippen molar-refractivity contribution in [3.8, 4) is 22.1 Å². The summed E-state index contributed by atoms with van der Waals surface area (Å²) in [7, 11) is 0. The summed E-state index contributed by atoms with van der Waals surface area (Å²) in [6.07, 6.45) is 0.806. The van der Waals surface area contributed by atoms with Gasteiger partial charge in [0, 0.05) is 23.6 Å². The molecule has 1 N–H and O–H groups in total. The van der Waals surface area contributed by atoms with Crippen LogP contribution < -0.4 is 4.74 Å². The Morgan fingerprint density at radius 1 is 1.37 bits per heavy atom. The van der Waals surface area contributed by atoms with Crippen molar-refractivity contribution in [1.29, 1.82) is 0 Å². The topological polar surface area (TPSA) is 62.7 Å². The van der Waals surface area contributed by atoms with E-state index in [0.717, 1.165) is 32.8 Å². The van der Waals surface area contributed by atoms with Gasteiger partial charge in [-0.15, -0.1) is 11.3 Å². The van der Waals surface area contributed by atoms with E-state index in [2.05, 4.69) is 4.98 Å². The van der Waals surface area contributed by atoms with Crippen molar-refractivity contribution < 1.29 is 14.6 Å². The van der Waals surface area contributed by atoms with Crippen LogP contribution in [0.2, 0.25) is 0 Å². The lowest BCUT2D eigenvalue weighted by molar-refractivity contribution is -0.135. The lowest BCUT2D eigenvalue weighted by atomic mass is 10.1. The fourth-order valence-corrected chi connectivity index (χ4v) is 4.25. The second-order valence-electron chi connectivity index (χ2n) is 6.89. The molecule has 1 aliphatic rings. The SMILES string of the molecule is CCC(C)C(=O)N1CCOc2c(O)cc(-c3nc4ccccc4s3)cc2C1. The third-order valence-corrected chi connectivity index (χ3v) is 6.09. The normalized spacial score (nSPS) is 15.1. The minimum atomic E-state index is -0.0207. The minimum Gasteiger partial charge on any atom is -0.504 e. The highest BCUT2D eigenvalue weighted by Crippen LogP contribution is 2.39. The van der Waals surface area contributed by atoms with E-state index >= 15 is 0 Å². The van der Waals surface area contributed by atoms with Crippen molar-refractivity contribution in [3.05, 3.63) is 42.0 Å². The van der Waals surface area contributed by atoms with Crippen LogP contribution in [-0.2, 0) is 11.3 Å². The van der Waals surface area contributed by atoms with Crippen LogP contribution in [0.1, 0.15) is 25.8 Å². The number of rotatable bonds is 3. The number of fused-ring (bicyclic) bond motifs is 2. The summed E-state index contributed by atoms with van der Waals surface area (Å²) in [6.45, 7) is 5.30. The number of para-hydroxylation sites is 1. The van der Waals surface area contributed by atoms with Gasteiger partial charge in [0.25, 0.3) is 0 Å². The molecule has 0 aliphatic carbocycles. The maximum absolute atomic E-state index is 12.6. The Labute approximate surface area is 162 Å². The zero-order valence-electron chi connectivity index (χ0n) is 15.4. The largest absolute Gasteiger partial charge is 0.504 e. The second kappa shape index (κ2) is 7.19. The monoisotopic (exact) mass is 382 g/mol. The number of carbonyl (C=O) groups is 1. The Kier molecular flexibility index (Phi) is 4.74. The molecule has 0 spiro atoms. The third kappa shape index (κ3) is 3.37. The highest BCUT2D eigenvalue weighted by Gasteiger charge is 2.25. The average molecular weight is 382 g/mol. The van der Waals surface area contributed by atoms with Crippen LogP contribution in [0, 0.1) is 5.92 Å². The van der Waals surface area contributed by atoms with Gasteiger partial charge in [0.15, 0.2) is 11.5 Å². The van der Waals surface area contributed by atoms with Crippen molar-refractivity contribution in [3.63, 3.8) is 0 Å². The highest BCUT2D eigenvalue weighted by molar-refractivity contribution is 7.21. The van der Waals surface area contributed by atoms with Crippen LogP contribution in [0.15, 0.2) is 36.4 Å². The van der Waals surface area contributed by atoms with Gasteiger partial charge in [-0.2, -0.15) is 0 Å².